The number of halogens is 1. The van der Waals surface area contributed by atoms with Crippen molar-refractivity contribution < 1.29 is 9.18 Å². The number of anilines is 1. The summed E-state index contributed by atoms with van der Waals surface area (Å²) in [5.74, 6) is -0.242. The summed E-state index contributed by atoms with van der Waals surface area (Å²) in [4.78, 5) is 32.7. The molecule has 0 spiro atoms. The number of aromatic nitrogens is 6. The van der Waals surface area contributed by atoms with Gasteiger partial charge in [-0.2, -0.15) is 10.2 Å². The summed E-state index contributed by atoms with van der Waals surface area (Å²) >= 11 is 0. The first-order valence-corrected chi connectivity index (χ1v) is 8.54. The molecule has 0 saturated heterocycles. The molecule has 0 unspecified atom stereocenters. The van der Waals surface area contributed by atoms with E-state index < -0.39 is 17.3 Å². The van der Waals surface area contributed by atoms with Gasteiger partial charge in [-0.05, 0) is 29.8 Å². The average Bonchev–Trinajstić information content (AvgIpc) is 3.25. The molecule has 4 rings (SSSR count). The van der Waals surface area contributed by atoms with Crippen molar-refractivity contribution in [1.82, 2.24) is 29.5 Å². The average molecular weight is 391 g/mol. The SMILES string of the molecule is O=C(Nc1cc(-n2cccn2)ncn1)c1ccc(=O)n(Cc2cccc(F)c2)n1. The second-order valence-electron chi connectivity index (χ2n) is 6.01. The molecule has 3 aromatic heterocycles. The molecule has 0 bridgehead atoms. The lowest BCUT2D eigenvalue weighted by atomic mass is 10.2. The van der Waals surface area contributed by atoms with Crippen LogP contribution in [0, 0.1) is 5.82 Å². The molecule has 0 aliphatic rings. The van der Waals surface area contributed by atoms with Crippen LogP contribution in [0.2, 0.25) is 0 Å². The Morgan fingerprint density at radius 1 is 1.10 bits per heavy atom. The molecule has 4 aromatic rings. The Kier molecular flexibility index (Phi) is 4.89. The van der Waals surface area contributed by atoms with E-state index in [1.54, 1.807) is 36.7 Å². The number of hydrogen-bond donors (Lipinski definition) is 1. The number of nitrogens with one attached hydrogen (secondary N) is 1. The highest BCUT2D eigenvalue weighted by Crippen LogP contribution is 2.09. The third kappa shape index (κ3) is 4.21. The van der Waals surface area contributed by atoms with Gasteiger partial charge in [0, 0.05) is 24.5 Å². The molecule has 1 amide bonds. The molecule has 0 aliphatic carbocycles. The van der Waals surface area contributed by atoms with Crippen LogP contribution in [0.1, 0.15) is 16.1 Å². The third-order valence-corrected chi connectivity index (χ3v) is 3.95. The maximum absolute atomic E-state index is 13.4. The monoisotopic (exact) mass is 391 g/mol. The Morgan fingerprint density at radius 2 is 2.00 bits per heavy atom. The van der Waals surface area contributed by atoms with Crippen molar-refractivity contribution in [2.24, 2.45) is 0 Å². The van der Waals surface area contributed by atoms with Crippen molar-refractivity contribution >= 4 is 11.7 Å². The molecule has 0 aliphatic heterocycles. The molecule has 29 heavy (non-hydrogen) atoms. The molecule has 0 fully saturated rings. The maximum Gasteiger partial charge on any atom is 0.277 e. The van der Waals surface area contributed by atoms with Gasteiger partial charge >= 0.3 is 0 Å². The van der Waals surface area contributed by atoms with Crippen LogP contribution in [-0.2, 0) is 6.54 Å². The molecule has 144 valence electrons. The number of nitrogens with zero attached hydrogens (tertiary/aromatic N) is 6. The minimum Gasteiger partial charge on any atom is -0.305 e. The second kappa shape index (κ2) is 7.80. The van der Waals surface area contributed by atoms with Gasteiger partial charge in [-0.1, -0.05) is 12.1 Å². The summed E-state index contributed by atoms with van der Waals surface area (Å²) in [6.45, 7) is 0.0364. The molecular weight excluding hydrogens is 377 g/mol. The van der Waals surface area contributed by atoms with Crippen molar-refractivity contribution in [3.05, 3.63) is 94.7 Å². The smallest absolute Gasteiger partial charge is 0.277 e. The van der Waals surface area contributed by atoms with Crippen molar-refractivity contribution in [1.29, 1.82) is 0 Å². The van der Waals surface area contributed by atoms with Crippen LogP contribution < -0.4 is 10.9 Å². The summed E-state index contributed by atoms with van der Waals surface area (Å²) in [6.07, 6.45) is 4.61. The van der Waals surface area contributed by atoms with Crippen LogP contribution in [0.15, 0.2) is 72.0 Å². The fourth-order valence-electron chi connectivity index (χ4n) is 2.62. The third-order valence-electron chi connectivity index (χ3n) is 3.95. The van der Waals surface area contributed by atoms with Crippen molar-refractivity contribution in [2.75, 3.05) is 5.32 Å². The number of hydrogen-bond acceptors (Lipinski definition) is 6. The largest absolute Gasteiger partial charge is 0.305 e. The fourth-order valence-corrected chi connectivity index (χ4v) is 2.62. The summed E-state index contributed by atoms with van der Waals surface area (Å²) in [5, 5.41) is 10.8. The fraction of sp³-hybridized carbons (Fsp3) is 0.0526. The maximum atomic E-state index is 13.4. The van der Waals surface area contributed by atoms with Crippen LogP contribution in [0.5, 0.6) is 0 Å². The lowest BCUT2D eigenvalue weighted by Gasteiger charge is -2.08. The standard InChI is InChI=1S/C19H14FN7O2/c20-14-4-1-3-13(9-14)11-27-18(28)6-5-15(25-27)19(29)24-16-10-17(22-12-21-16)26-8-2-7-23-26/h1-10,12H,11H2,(H,21,22,24,29). The lowest BCUT2D eigenvalue weighted by Crippen LogP contribution is -2.26. The zero-order chi connectivity index (χ0) is 20.2. The van der Waals surface area contributed by atoms with E-state index in [9.17, 15) is 14.0 Å². The Bertz CT molecular complexity index is 1220. The van der Waals surface area contributed by atoms with Gasteiger partial charge in [0.2, 0.25) is 0 Å². The van der Waals surface area contributed by atoms with Gasteiger partial charge in [0.25, 0.3) is 11.5 Å². The van der Waals surface area contributed by atoms with Gasteiger partial charge in [-0.3, -0.25) is 9.59 Å². The summed E-state index contributed by atoms with van der Waals surface area (Å²) < 4.78 is 16.0. The molecule has 0 atom stereocenters. The molecule has 3 heterocycles. The van der Waals surface area contributed by atoms with Crippen molar-refractivity contribution in [2.45, 2.75) is 6.54 Å². The van der Waals surface area contributed by atoms with Crippen LogP contribution in [0.25, 0.3) is 5.82 Å². The number of carbonyl (C=O) groups is 1. The first kappa shape index (κ1) is 18.2. The zero-order valence-corrected chi connectivity index (χ0v) is 14.9. The van der Waals surface area contributed by atoms with E-state index in [1.807, 2.05) is 0 Å². The van der Waals surface area contributed by atoms with Crippen LogP contribution in [0.4, 0.5) is 10.2 Å². The van der Waals surface area contributed by atoms with Crippen molar-refractivity contribution in [3.8, 4) is 5.82 Å². The summed E-state index contributed by atoms with van der Waals surface area (Å²) in [6, 6.07) is 11.7. The zero-order valence-electron chi connectivity index (χ0n) is 14.9. The minimum atomic E-state index is -0.553. The Labute approximate surface area is 163 Å². The highest BCUT2D eigenvalue weighted by atomic mass is 19.1. The van der Waals surface area contributed by atoms with Crippen molar-refractivity contribution in [3.63, 3.8) is 0 Å². The lowest BCUT2D eigenvalue weighted by molar-refractivity contribution is 0.101. The van der Waals surface area contributed by atoms with Crippen LogP contribution in [-0.4, -0.2) is 35.4 Å². The van der Waals surface area contributed by atoms with Gasteiger partial charge in [-0.25, -0.2) is 23.7 Å². The van der Waals surface area contributed by atoms with E-state index in [4.69, 9.17) is 0 Å². The Morgan fingerprint density at radius 3 is 2.79 bits per heavy atom. The first-order valence-electron chi connectivity index (χ1n) is 8.54. The Hall–Kier alpha value is -4.21. The van der Waals surface area contributed by atoms with Crippen LogP contribution >= 0.6 is 0 Å². The van der Waals surface area contributed by atoms with Crippen LogP contribution in [0.3, 0.4) is 0 Å². The molecule has 10 heteroatoms. The number of benzene rings is 1. The minimum absolute atomic E-state index is 0.0141. The van der Waals surface area contributed by atoms with Gasteiger partial charge < -0.3 is 5.32 Å². The van der Waals surface area contributed by atoms with Gasteiger partial charge in [0.15, 0.2) is 5.82 Å². The van der Waals surface area contributed by atoms with E-state index in [2.05, 4.69) is 25.5 Å². The normalized spacial score (nSPS) is 10.7. The predicted octanol–water partition coefficient (Wildman–Crippen LogP) is 1.66. The molecule has 0 radical (unpaired) electrons. The van der Waals surface area contributed by atoms with E-state index in [-0.39, 0.29) is 18.1 Å². The number of carbonyl (C=O) groups excluding carboxylic acids is 1. The first-order chi connectivity index (χ1) is 14.1. The van der Waals surface area contributed by atoms with E-state index in [0.717, 1.165) is 4.68 Å². The molecule has 0 saturated carbocycles. The molecule has 1 aromatic carbocycles. The van der Waals surface area contributed by atoms with Gasteiger partial charge in [-0.15, -0.1) is 0 Å². The molecule has 1 N–H and O–H groups in total. The predicted molar refractivity (Wildman–Crippen MR) is 101 cm³/mol. The topological polar surface area (TPSA) is 108 Å². The quantitative estimate of drug-likeness (QED) is 0.554. The van der Waals surface area contributed by atoms with E-state index in [1.165, 1.54) is 35.3 Å². The van der Waals surface area contributed by atoms with Gasteiger partial charge in [0.1, 0.15) is 23.7 Å². The molecular formula is C19H14FN7O2. The number of rotatable bonds is 5. The second-order valence-corrected chi connectivity index (χ2v) is 6.01. The summed E-state index contributed by atoms with van der Waals surface area (Å²) in [5.41, 5.74) is 0.158. The van der Waals surface area contributed by atoms with E-state index in [0.29, 0.717) is 11.4 Å². The Balaban J connectivity index is 1.55. The van der Waals surface area contributed by atoms with Gasteiger partial charge in [0.05, 0.1) is 6.54 Å². The highest BCUT2D eigenvalue weighted by Gasteiger charge is 2.12. The molecule has 9 nitrogen and oxygen atoms in total. The number of amides is 1. The summed E-state index contributed by atoms with van der Waals surface area (Å²) in [7, 11) is 0. The highest BCUT2D eigenvalue weighted by molar-refractivity contribution is 6.02. The van der Waals surface area contributed by atoms with E-state index >= 15 is 0 Å².